The van der Waals surface area contributed by atoms with E-state index in [-0.39, 0.29) is 6.61 Å². The van der Waals surface area contributed by atoms with E-state index in [1.807, 2.05) is 43.3 Å². The molecule has 2 rings (SSSR count). The highest BCUT2D eigenvalue weighted by Crippen LogP contribution is 2.19. The maximum atomic E-state index is 8.71. The number of aromatic nitrogens is 1. The quantitative estimate of drug-likeness (QED) is 0.857. The van der Waals surface area contributed by atoms with Crippen molar-refractivity contribution >= 4 is 0 Å². The first-order valence-electron chi connectivity index (χ1n) is 7.02. The number of benzene rings is 1. The van der Waals surface area contributed by atoms with Crippen LogP contribution in [0.5, 0.6) is 5.75 Å². The van der Waals surface area contributed by atoms with Crippen LogP contribution in [0.1, 0.15) is 23.2 Å². The van der Waals surface area contributed by atoms with Gasteiger partial charge in [0.1, 0.15) is 5.75 Å². The first kappa shape index (κ1) is 15.1. The van der Waals surface area contributed by atoms with Crippen LogP contribution >= 0.6 is 0 Å². The van der Waals surface area contributed by atoms with Crippen molar-refractivity contribution in [2.75, 3.05) is 13.2 Å². The molecule has 1 aromatic heterocycles. The van der Waals surface area contributed by atoms with Crippen molar-refractivity contribution in [3.63, 3.8) is 0 Å². The van der Waals surface area contributed by atoms with Crippen molar-refractivity contribution in [2.24, 2.45) is 0 Å². The second-order valence-corrected chi connectivity index (χ2v) is 4.68. The molecule has 0 amide bonds. The Labute approximate surface area is 125 Å². The van der Waals surface area contributed by atoms with Crippen LogP contribution in [0.15, 0.2) is 42.6 Å². The molecule has 0 atom stereocenters. The van der Waals surface area contributed by atoms with Gasteiger partial charge in [0.05, 0.1) is 13.2 Å². The maximum absolute atomic E-state index is 8.71. The van der Waals surface area contributed by atoms with Gasteiger partial charge >= 0.3 is 0 Å². The van der Waals surface area contributed by atoms with E-state index >= 15 is 0 Å². The van der Waals surface area contributed by atoms with Crippen LogP contribution in [0.4, 0.5) is 0 Å². The molecule has 0 radical (unpaired) electrons. The van der Waals surface area contributed by atoms with Gasteiger partial charge in [-0.1, -0.05) is 17.9 Å². The summed E-state index contributed by atoms with van der Waals surface area (Å²) in [4.78, 5) is 4.27. The summed E-state index contributed by atoms with van der Waals surface area (Å²) in [6.07, 6.45) is 3.08. The number of nitrogens with zero attached hydrogens (tertiary/aromatic N) is 1. The molecule has 1 heterocycles. The SMILES string of the molecule is Cc1cc(C#CCCO)ccc1OCCc1ccccn1. The molecule has 0 bridgehead atoms. The average molecular weight is 281 g/mol. The molecule has 0 aliphatic carbocycles. The highest BCUT2D eigenvalue weighted by Gasteiger charge is 2.01. The van der Waals surface area contributed by atoms with Crippen LogP contribution in [0.25, 0.3) is 0 Å². The molecule has 3 nitrogen and oxygen atoms in total. The summed E-state index contributed by atoms with van der Waals surface area (Å²) in [6, 6.07) is 11.8. The lowest BCUT2D eigenvalue weighted by Crippen LogP contribution is -2.03. The number of hydrogen-bond donors (Lipinski definition) is 1. The van der Waals surface area contributed by atoms with E-state index in [1.165, 1.54) is 0 Å². The van der Waals surface area contributed by atoms with Gasteiger partial charge in [0.25, 0.3) is 0 Å². The molecule has 108 valence electrons. The number of aliphatic hydroxyl groups excluding tert-OH is 1. The normalized spacial score (nSPS) is 9.81. The van der Waals surface area contributed by atoms with Gasteiger partial charge in [-0.25, -0.2) is 0 Å². The Morgan fingerprint density at radius 1 is 1.24 bits per heavy atom. The van der Waals surface area contributed by atoms with Crippen molar-refractivity contribution in [2.45, 2.75) is 19.8 Å². The third kappa shape index (κ3) is 4.94. The second-order valence-electron chi connectivity index (χ2n) is 4.68. The first-order valence-corrected chi connectivity index (χ1v) is 7.02. The van der Waals surface area contributed by atoms with Gasteiger partial charge in [-0.15, -0.1) is 0 Å². The molecular weight excluding hydrogens is 262 g/mol. The number of aliphatic hydroxyl groups is 1. The second kappa shape index (κ2) is 8.08. The van der Waals surface area contributed by atoms with Crippen molar-refractivity contribution < 1.29 is 9.84 Å². The zero-order chi connectivity index (χ0) is 14.9. The lowest BCUT2D eigenvalue weighted by atomic mass is 10.1. The minimum absolute atomic E-state index is 0.0979. The van der Waals surface area contributed by atoms with Crippen LogP contribution in [-0.4, -0.2) is 23.3 Å². The van der Waals surface area contributed by atoms with E-state index in [1.54, 1.807) is 6.20 Å². The summed E-state index contributed by atoms with van der Waals surface area (Å²) in [5, 5.41) is 8.71. The number of hydrogen-bond acceptors (Lipinski definition) is 3. The summed E-state index contributed by atoms with van der Waals surface area (Å²) in [7, 11) is 0. The van der Waals surface area contributed by atoms with Gasteiger partial charge in [0.2, 0.25) is 0 Å². The summed E-state index contributed by atoms with van der Waals surface area (Å²) in [6.45, 7) is 2.71. The highest BCUT2D eigenvalue weighted by molar-refractivity contribution is 5.43. The molecule has 21 heavy (non-hydrogen) atoms. The topological polar surface area (TPSA) is 42.4 Å². The molecule has 0 aliphatic heterocycles. The molecule has 3 heteroatoms. The van der Waals surface area contributed by atoms with Gasteiger partial charge in [-0.05, 0) is 42.8 Å². The van der Waals surface area contributed by atoms with Crippen molar-refractivity contribution in [3.05, 3.63) is 59.4 Å². The summed E-state index contributed by atoms with van der Waals surface area (Å²) in [5.74, 6) is 6.81. The largest absolute Gasteiger partial charge is 0.493 e. The lowest BCUT2D eigenvalue weighted by molar-refractivity contribution is 0.305. The fraction of sp³-hybridized carbons (Fsp3) is 0.278. The molecule has 0 unspecified atom stereocenters. The van der Waals surface area contributed by atoms with E-state index in [0.717, 1.165) is 29.0 Å². The van der Waals surface area contributed by atoms with Crippen LogP contribution in [0.3, 0.4) is 0 Å². The van der Waals surface area contributed by atoms with E-state index < -0.39 is 0 Å². The zero-order valence-corrected chi connectivity index (χ0v) is 12.2. The number of rotatable bonds is 5. The van der Waals surface area contributed by atoms with Gasteiger partial charge in [-0.3, -0.25) is 4.98 Å². The Bertz CT molecular complexity index is 627. The predicted octanol–water partition coefficient (Wildman–Crippen LogP) is 2.75. The standard InChI is InChI=1S/C18H19NO2/c1-15-14-16(6-3-5-12-20)8-9-18(15)21-13-10-17-7-2-4-11-19-17/h2,4,7-9,11,14,20H,5,10,12-13H2,1H3. The van der Waals surface area contributed by atoms with Crippen LogP contribution in [-0.2, 0) is 6.42 Å². The summed E-state index contributed by atoms with van der Waals surface area (Å²) < 4.78 is 5.79. The molecular formula is C18H19NO2. The summed E-state index contributed by atoms with van der Waals surface area (Å²) in [5.41, 5.74) is 3.03. The minimum atomic E-state index is 0.0979. The molecule has 0 saturated heterocycles. The third-order valence-corrected chi connectivity index (χ3v) is 2.99. The molecule has 0 aliphatic rings. The van der Waals surface area contributed by atoms with Crippen molar-refractivity contribution in [1.82, 2.24) is 4.98 Å². The number of aryl methyl sites for hydroxylation is 1. The smallest absolute Gasteiger partial charge is 0.122 e. The Morgan fingerprint density at radius 3 is 2.86 bits per heavy atom. The molecule has 1 N–H and O–H groups in total. The first-order chi connectivity index (χ1) is 10.3. The Morgan fingerprint density at radius 2 is 2.14 bits per heavy atom. The number of pyridine rings is 1. The van der Waals surface area contributed by atoms with Crippen LogP contribution in [0.2, 0.25) is 0 Å². The lowest BCUT2D eigenvalue weighted by Gasteiger charge is -2.09. The maximum Gasteiger partial charge on any atom is 0.122 e. The highest BCUT2D eigenvalue weighted by atomic mass is 16.5. The van der Waals surface area contributed by atoms with Crippen molar-refractivity contribution in [1.29, 1.82) is 0 Å². The monoisotopic (exact) mass is 281 g/mol. The van der Waals surface area contributed by atoms with E-state index in [4.69, 9.17) is 9.84 Å². The van der Waals surface area contributed by atoms with E-state index in [2.05, 4.69) is 16.8 Å². The Balaban J connectivity index is 1.91. The van der Waals surface area contributed by atoms with Crippen LogP contribution < -0.4 is 4.74 Å². The van der Waals surface area contributed by atoms with E-state index in [9.17, 15) is 0 Å². The van der Waals surface area contributed by atoms with Gasteiger partial charge < -0.3 is 9.84 Å². The van der Waals surface area contributed by atoms with Gasteiger partial charge in [-0.2, -0.15) is 0 Å². The fourth-order valence-corrected chi connectivity index (χ4v) is 1.92. The molecule has 0 spiro atoms. The summed E-state index contributed by atoms with van der Waals surface area (Å²) >= 11 is 0. The Kier molecular flexibility index (Phi) is 5.81. The van der Waals surface area contributed by atoms with Gasteiger partial charge in [0, 0.05) is 30.3 Å². The van der Waals surface area contributed by atoms with Crippen molar-refractivity contribution in [3.8, 4) is 17.6 Å². The fourth-order valence-electron chi connectivity index (χ4n) is 1.92. The minimum Gasteiger partial charge on any atom is -0.493 e. The molecule has 2 aromatic rings. The number of ether oxygens (including phenoxy) is 1. The molecule has 1 aromatic carbocycles. The molecule has 0 saturated carbocycles. The van der Waals surface area contributed by atoms with Crippen LogP contribution in [0, 0.1) is 18.8 Å². The molecule has 0 fully saturated rings. The Hall–Kier alpha value is -2.31. The third-order valence-electron chi connectivity index (χ3n) is 2.99. The van der Waals surface area contributed by atoms with E-state index in [0.29, 0.717) is 13.0 Å². The average Bonchev–Trinajstić information content (AvgIpc) is 2.51. The zero-order valence-electron chi connectivity index (χ0n) is 12.2. The predicted molar refractivity (Wildman–Crippen MR) is 83.2 cm³/mol. The van der Waals surface area contributed by atoms with Gasteiger partial charge in [0.15, 0.2) is 0 Å².